The van der Waals surface area contributed by atoms with Crippen LogP contribution in [0.15, 0.2) is 0 Å². The van der Waals surface area contributed by atoms with Crippen LogP contribution in [0.4, 0.5) is 0 Å². The van der Waals surface area contributed by atoms with Crippen molar-refractivity contribution in [2.75, 3.05) is 19.6 Å². The van der Waals surface area contributed by atoms with Gasteiger partial charge in [-0.3, -0.25) is 0 Å². The van der Waals surface area contributed by atoms with Crippen LogP contribution < -0.4 is 4.72 Å². The topological polar surface area (TPSA) is 49.2 Å². The summed E-state index contributed by atoms with van der Waals surface area (Å²) in [5, 5.41) is 0. The Morgan fingerprint density at radius 3 is 2.23 bits per heavy atom. The Balaban J connectivity index is 2.26. The van der Waals surface area contributed by atoms with Crippen molar-refractivity contribution >= 4 is 10.2 Å². The summed E-state index contributed by atoms with van der Waals surface area (Å²) in [6.07, 6.45) is 0.861. The van der Waals surface area contributed by atoms with Gasteiger partial charge in [-0.05, 0) is 11.8 Å². The molecule has 1 heterocycles. The summed E-state index contributed by atoms with van der Waals surface area (Å²) in [5.41, 5.74) is 0.182. The normalized spacial score (nSPS) is 19.0. The summed E-state index contributed by atoms with van der Waals surface area (Å²) >= 11 is 0. The molecule has 0 atom stereocenters. The molecule has 4 nitrogen and oxygen atoms in total. The number of hydrogen-bond acceptors (Lipinski definition) is 2. The van der Waals surface area contributed by atoms with Crippen molar-refractivity contribution in [2.45, 2.75) is 27.2 Å². The van der Waals surface area contributed by atoms with Gasteiger partial charge < -0.3 is 0 Å². The van der Waals surface area contributed by atoms with E-state index in [4.69, 9.17) is 0 Å². The van der Waals surface area contributed by atoms with E-state index in [1.807, 2.05) is 0 Å². The zero-order chi connectivity index (χ0) is 10.1. The van der Waals surface area contributed by atoms with Crippen LogP contribution in [0.5, 0.6) is 0 Å². The quantitative estimate of drug-likeness (QED) is 0.684. The predicted octanol–water partition coefficient (Wildman–Crippen LogP) is 0.573. The third-order valence-corrected chi connectivity index (χ3v) is 3.52. The van der Waals surface area contributed by atoms with Gasteiger partial charge in [0.1, 0.15) is 0 Å². The molecular formula is C8H18N2O2S. The van der Waals surface area contributed by atoms with E-state index in [0.717, 1.165) is 6.42 Å². The SMILES string of the molecule is CC(C)(C)CCNS(=O)(=O)N1CC1. The van der Waals surface area contributed by atoms with Crippen molar-refractivity contribution < 1.29 is 8.42 Å². The van der Waals surface area contributed by atoms with Crippen LogP contribution >= 0.6 is 0 Å². The maximum Gasteiger partial charge on any atom is 0.279 e. The van der Waals surface area contributed by atoms with Crippen LogP contribution in [-0.2, 0) is 10.2 Å². The minimum absolute atomic E-state index is 0.182. The average molecular weight is 206 g/mol. The molecule has 0 aliphatic carbocycles. The lowest BCUT2D eigenvalue weighted by Gasteiger charge is -2.17. The van der Waals surface area contributed by atoms with Crippen molar-refractivity contribution in [2.24, 2.45) is 5.41 Å². The zero-order valence-electron chi connectivity index (χ0n) is 8.50. The molecule has 0 amide bonds. The summed E-state index contributed by atoms with van der Waals surface area (Å²) in [7, 11) is -3.13. The molecule has 78 valence electrons. The molecule has 0 bridgehead atoms. The maximum absolute atomic E-state index is 11.3. The summed E-state index contributed by atoms with van der Waals surface area (Å²) < 4.78 is 26.6. The highest BCUT2D eigenvalue weighted by molar-refractivity contribution is 7.87. The van der Waals surface area contributed by atoms with Crippen molar-refractivity contribution in [3.8, 4) is 0 Å². The Morgan fingerprint density at radius 1 is 1.31 bits per heavy atom. The van der Waals surface area contributed by atoms with Crippen LogP contribution in [0.3, 0.4) is 0 Å². The first-order chi connectivity index (χ1) is 5.81. The Morgan fingerprint density at radius 2 is 1.85 bits per heavy atom. The summed E-state index contributed by atoms with van der Waals surface area (Å²) in [4.78, 5) is 0. The molecule has 1 aliphatic heterocycles. The van der Waals surface area contributed by atoms with Gasteiger partial charge in [-0.15, -0.1) is 0 Å². The van der Waals surface area contributed by atoms with Gasteiger partial charge in [0.2, 0.25) is 0 Å². The highest BCUT2D eigenvalue weighted by Crippen LogP contribution is 2.17. The molecule has 1 aliphatic rings. The molecule has 0 aromatic heterocycles. The first-order valence-electron chi connectivity index (χ1n) is 4.56. The molecule has 0 aromatic rings. The first kappa shape index (κ1) is 10.9. The van der Waals surface area contributed by atoms with Gasteiger partial charge in [0.15, 0.2) is 0 Å². The molecule has 1 saturated heterocycles. The van der Waals surface area contributed by atoms with Crippen molar-refractivity contribution in [1.29, 1.82) is 0 Å². The van der Waals surface area contributed by atoms with E-state index in [1.54, 1.807) is 0 Å². The summed E-state index contributed by atoms with van der Waals surface area (Å²) in [5.74, 6) is 0. The fraction of sp³-hybridized carbons (Fsp3) is 1.00. The van der Waals surface area contributed by atoms with Crippen molar-refractivity contribution in [3.05, 3.63) is 0 Å². The van der Waals surface area contributed by atoms with Gasteiger partial charge >= 0.3 is 0 Å². The van der Waals surface area contributed by atoms with Gasteiger partial charge in [-0.25, -0.2) is 4.72 Å². The van der Waals surface area contributed by atoms with E-state index in [9.17, 15) is 8.42 Å². The number of rotatable bonds is 4. The fourth-order valence-corrected chi connectivity index (χ4v) is 2.03. The van der Waals surface area contributed by atoms with Gasteiger partial charge in [0, 0.05) is 19.6 Å². The van der Waals surface area contributed by atoms with Crippen LogP contribution in [0.25, 0.3) is 0 Å². The molecule has 0 spiro atoms. The van der Waals surface area contributed by atoms with E-state index in [1.165, 1.54) is 4.31 Å². The van der Waals surface area contributed by atoms with Crippen LogP contribution in [-0.4, -0.2) is 32.4 Å². The molecule has 1 fully saturated rings. The van der Waals surface area contributed by atoms with E-state index in [2.05, 4.69) is 25.5 Å². The molecule has 5 heteroatoms. The molecule has 0 unspecified atom stereocenters. The molecule has 0 saturated carbocycles. The van der Waals surface area contributed by atoms with Crippen molar-refractivity contribution in [1.82, 2.24) is 9.03 Å². The minimum Gasteiger partial charge on any atom is -0.202 e. The van der Waals surface area contributed by atoms with Gasteiger partial charge in [0.25, 0.3) is 10.2 Å². The van der Waals surface area contributed by atoms with E-state index >= 15 is 0 Å². The Kier molecular flexibility index (Phi) is 2.99. The van der Waals surface area contributed by atoms with E-state index in [0.29, 0.717) is 19.6 Å². The lowest BCUT2D eigenvalue weighted by Crippen LogP contribution is -2.32. The Hall–Kier alpha value is -0.130. The number of nitrogens with one attached hydrogen (secondary N) is 1. The molecule has 0 radical (unpaired) electrons. The standard InChI is InChI=1S/C8H18N2O2S/c1-8(2,3)4-5-9-13(11,12)10-6-7-10/h9H,4-7H2,1-3H3. The van der Waals surface area contributed by atoms with Gasteiger partial charge in [-0.2, -0.15) is 12.7 Å². The summed E-state index contributed by atoms with van der Waals surface area (Å²) in [6, 6.07) is 0. The predicted molar refractivity (Wildman–Crippen MR) is 52.6 cm³/mol. The lowest BCUT2D eigenvalue weighted by atomic mass is 9.93. The number of nitrogens with zero attached hydrogens (tertiary/aromatic N) is 1. The van der Waals surface area contributed by atoms with Gasteiger partial charge in [0.05, 0.1) is 0 Å². The lowest BCUT2D eigenvalue weighted by molar-refractivity contribution is 0.377. The average Bonchev–Trinajstić information content (AvgIpc) is 2.62. The van der Waals surface area contributed by atoms with Crippen LogP contribution in [0.1, 0.15) is 27.2 Å². The highest BCUT2D eigenvalue weighted by Gasteiger charge is 2.31. The molecule has 1 rings (SSSR count). The number of hydrogen-bond donors (Lipinski definition) is 1. The van der Waals surface area contributed by atoms with E-state index < -0.39 is 10.2 Å². The van der Waals surface area contributed by atoms with Crippen LogP contribution in [0.2, 0.25) is 0 Å². The highest BCUT2D eigenvalue weighted by atomic mass is 32.2. The second-order valence-electron chi connectivity index (χ2n) is 4.61. The smallest absolute Gasteiger partial charge is 0.202 e. The molecule has 1 N–H and O–H groups in total. The monoisotopic (exact) mass is 206 g/mol. The fourth-order valence-electron chi connectivity index (χ4n) is 0.927. The molecule has 0 aromatic carbocycles. The third kappa shape index (κ3) is 4.06. The Labute approximate surface area is 80.5 Å². The minimum atomic E-state index is -3.13. The Bertz CT molecular complexity index is 262. The van der Waals surface area contributed by atoms with E-state index in [-0.39, 0.29) is 5.41 Å². The second kappa shape index (κ2) is 3.55. The largest absolute Gasteiger partial charge is 0.279 e. The van der Waals surface area contributed by atoms with Crippen LogP contribution in [0, 0.1) is 5.41 Å². The van der Waals surface area contributed by atoms with Crippen molar-refractivity contribution in [3.63, 3.8) is 0 Å². The maximum atomic E-state index is 11.3. The first-order valence-corrected chi connectivity index (χ1v) is 6.00. The van der Waals surface area contributed by atoms with Gasteiger partial charge in [-0.1, -0.05) is 20.8 Å². The summed E-state index contributed by atoms with van der Waals surface area (Å²) in [6.45, 7) is 8.16. The second-order valence-corrected chi connectivity index (χ2v) is 6.36. The zero-order valence-corrected chi connectivity index (χ0v) is 9.32. The third-order valence-electron chi connectivity index (χ3n) is 1.91. The molecule has 13 heavy (non-hydrogen) atoms. The molecular weight excluding hydrogens is 188 g/mol.